The Hall–Kier alpha value is -2.44. The number of amides is 1. The topological polar surface area (TPSA) is 57.6 Å². The van der Waals surface area contributed by atoms with E-state index in [9.17, 15) is 9.59 Å². The molecule has 1 aromatic heterocycles. The van der Waals surface area contributed by atoms with Crippen molar-refractivity contribution in [2.24, 2.45) is 5.92 Å². The van der Waals surface area contributed by atoms with Crippen molar-refractivity contribution < 1.29 is 4.79 Å². The number of piperidine rings is 1. The van der Waals surface area contributed by atoms with Crippen LogP contribution in [0.5, 0.6) is 0 Å². The smallest absolute Gasteiger partial charge is 0.255 e. The highest BCUT2D eigenvalue weighted by Crippen LogP contribution is 2.31. The van der Waals surface area contributed by atoms with Gasteiger partial charge in [0.05, 0.1) is 6.54 Å². The number of aryl methyl sites for hydroxylation is 2. The summed E-state index contributed by atoms with van der Waals surface area (Å²) < 4.78 is 2.01. The fourth-order valence-corrected chi connectivity index (χ4v) is 5.64. The van der Waals surface area contributed by atoms with Crippen LogP contribution < -0.4 is 10.9 Å². The van der Waals surface area contributed by atoms with Crippen molar-refractivity contribution in [3.05, 3.63) is 68.6 Å². The molecule has 164 valence electrons. The lowest BCUT2D eigenvalue weighted by molar-refractivity contribution is -0.136. The van der Waals surface area contributed by atoms with Crippen molar-refractivity contribution in [2.45, 2.75) is 45.8 Å². The monoisotopic (exact) mass is 420 g/mol. The van der Waals surface area contributed by atoms with Crippen LogP contribution in [0.2, 0.25) is 0 Å². The van der Waals surface area contributed by atoms with Crippen LogP contribution in [0.4, 0.5) is 0 Å². The number of carbonyl (C=O) groups excluding carboxylic acids is 1. The van der Waals surface area contributed by atoms with Crippen molar-refractivity contribution in [2.75, 3.05) is 32.7 Å². The SMILES string of the molecule is Cc1cc(C)cc(CN2CCN(Cc3ccc4n(c3=O)C[C@@H]3CNC[C@H]4C3)CC2=O)c1. The molecule has 0 aliphatic carbocycles. The van der Waals surface area contributed by atoms with Gasteiger partial charge in [0.15, 0.2) is 0 Å². The molecule has 31 heavy (non-hydrogen) atoms. The van der Waals surface area contributed by atoms with Crippen LogP contribution in [0.15, 0.2) is 35.1 Å². The van der Waals surface area contributed by atoms with Crippen molar-refractivity contribution >= 4 is 5.91 Å². The maximum absolute atomic E-state index is 13.2. The number of nitrogens with zero attached hydrogens (tertiary/aromatic N) is 3. The van der Waals surface area contributed by atoms with Crippen LogP contribution in [0.25, 0.3) is 0 Å². The minimum atomic E-state index is 0.138. The summed E-state index contributed by atoms with van der Waals surface area (Å²) >= 11 is 0. The number of nitrogens with one attached hydrogen (secondary N) is 1. The molecule has 0 saturated carbocycles. The molecule has 4 heterocycles. The summed E-state index contributed by atoms with van der Waals surface area (Å²) in [6, 6.07) is 10.6. The minimum absolute atomic E-state index is 0.138. The fourth-order valence-electron chi connectivity index (χ4n) is 5.64. The van der Waals surface area contributed by atoms with Gasteiger partial charge < -0.3 is 14.8 Å². The maximum Gasteiger partial charge on any atom is 0.255 e. The summed E-state index contributed by atoms with van der Waals surface area (Å²) in [5.41, 5.74) is 5.77. The molecular weight excluding hydrogens is 388 g/mol. The van der Waals surface area contributed by atoms with E-state index in [0.29, 0.717) is 38.0 Å². The third-order valence-electron chi connectivity index (χ3n) is 7.03. The van der Waals surface area contributed by atoms with E-state index in [1.54, 1.807) is 0 Å². The highest BCUT2D eigenvalue weighted by Gasteiger charge is 2.32. The molecule has 1 N–H and O–H groups in total. The molecule has 2 fully saturated rings. The second kappa shape index (κ2) is 8.24. The third-order valence-corrected chi connectivity index (χ3v) is 7.03. The number of piperazine rings is 1. The Bertz CT molecular complexity index is 1040. The zero-order valence-electron chi connectivity index (χ0n) is 18.6. The van der Waals surface area contributed by atoms with E-state index in [4.69, 9.17) is 0 Å². The number of fused-ring (bicyclic) bond motifs is 4. The number of aromatic nitrogens is 1. The van der Waals surface area contributed by atoms with Gasteiger partial charge in [-0.2, -0.15) is 0 Å². The Kier molecular flexibility index (Phi) is 5.44. The predicted molar refractivity (Wildman–Crippen MR) is 121 cm³/mol. The number of rotatable bonds is 4. The molecule has 5 rings (SSSR count). The van der Waals surface area contributed by atoms with Crippen molar-refractivity contribution in [1.82, 2.24) is 19.7 Å². The van der Waals surface area contributed by atoms with E-state index < -0.39 is 0 Å². The quantitative estimate of drug-likeness (QED) is 0.822. The zero-order chi connectivity index (χ0) is 21.5. The Morgan fingerprint density at radius 2 is 1.81 bits per heavy atom. The molecule has 2 atom stereocenters. The van der Waals surface area contributed by atoms with Gasteiger partial charge in [0.2, 0.25) is 5.91 Å². The molecule has 1 amide bonds. The fraction of sp³-hybridized carbons (Fsp3) is 0.520. The molecule has 3 aliphatic rings. The van der Waals surface area contributed by atoms with Gasteiger partial charge in [0, 0.05) is 56.4 Å². The molecule has 6 nitrogen and oxygen atoms in total. The molecule has 2 saturated heterocycles. The lowest BCUT2D eigenvalue weighted by atomic mass is 9.84. The Morgan fingerprint density at radius 1 is 1.00 bits per heavy atom. The molecular formula is C25H32N4O2. The standard InChI is InChI=1S/C25H32N4O2/c1-17-7-18(2)9-19(8-17)13-28-6-5-27(16-24(28)30)15-21-3-4-23-22-10-20(11-26-12-22)14-29(23)25(21)31/h3-4,7-9,20,22,26H,5-6,10-16H2,1-2H3/t20-,22+/m0/s1. The summed E-state index contributed by atoms with van der Waals surface area (Å²) in [5, 5.41) is 3.49. The third kappa shape index (κ3) is 4.19. The van der Waals surface area contributed by atoms with Gasteiger partial charge in [0.25, 0.3) is 5.56 Å². The van der Waals surface area contributed by atoms with E-state index in [1.165, 1.54) is 28.8 Å². The largest absolute Gasteiger partial charge is 0.336 e. The van der Waals surface area contributed by atoms with Crippen molar-refractivity contribution in [1.29, 1.82) is 0 Å². The van der Waals surface area contributed by atoms with Gasteiger partial charge >= 0.3 is 0 Å². The van der Waals surface area contributed by atoms with Crippen LogP contribution in [0.1, 0.15) is 40.3 Å². The summed E-state index contributed by atoms with van der Waals surface area (Å²) in [6.07, 6.45) is 1.18. The highest BCUT2D eigenvalue weighted by atomic mass is 16.2. The van der Waals surface area contributed by atoms with Crippen LogP contribution in [0.3, 0.4) is 0 Å². The van der Waals surface area contributed by atoms with Crippen LogP contribution in [-0.2, 0) is 24.4 Å². The molecule has 0 radical (unpaired) electrons. The molecule has 6 heteroatoms. The second-order valence-corrected chi connectivity index (χ2v) is 9.68. The summed E-state index contributed by atoms with van der Waals surface area (Å²) in [7, 11) is 0. The maximum atomic E-state index is 13.2. The first kappa shape index (κ1) is 20.5. The molecule has 0 spiro atoms. The minimum Gasteiger partial charge on any atom is -0.336 e. The van der Waals surface area contributed by atoms with Gasteiger partial charge in [-0.25, -0.2) is 0 Å². The Labute approximate surface area is 183 Å². The van der Waals surface area contributed by atoms with Crippen molar-refractivity contribution in [3.63, 3.8) is 0 Å². The van der Waals surface area contributed by atoms with E-state index in [-0.39, 0.29) is 11.5 Å². The van der Waals surface area contributed by atoms with Crippen LogP contribution >= 0.6 is 0 Å². The molecule has 2 bridgehead atoms. The first-order chi connectivity index (χ1) is 15.0. The zero-order valence-corrected chi connectivity index (χ0v) is 18.6. The van der Waals surface area contributed by atoms with Crippen LogP contribution in [-0.4, -0.2) is 53.0 Å². The van der Waals surface area contributed by atoms with Crippen LogP contribution in [0, 0.1) is 19.8 Å². The van der Waals surface area contributed by atoms with E-state index in [0.717, 1.165) is 31.7 Å². The van der Waals surface area contributed by atoms with Gasteiger partial charge in [0.1, 0.15) is 0 Å². The number of hydrogen-bond acceptors (Lipinski definition) is 4. The average Bonchev–Trinajstić information content (AvgIpc) is 2.72. The number of pyridine rings is 1. The molecule has 3 aliphatic heterocycles. The number of carbonyl (C=O) groups is 1. The summed E-state index contributed by atoms with van der Waals surface area (Å²) in [4.78, 5) is 30.1. The van der Waals surface area contributed by atoms with Crippen molar-refractivity contribution in [3.8, 4) is 0 Å². The summed E-state index contributed by atoms with van der Waals surface area (Å²) in [5.74, 6) is 1.14. The van der Waals surface area contributed by atoms with E-state index >= 15 is 0 Å². The number of benzene rings is 1. The molecule has 2 aromatic rings. The second-order valence-electron chi connectivity index (χ2n) is 9.68. The lowest BCUT2D eigenvalue weighted by Crippen LogP contribution is -2.50. The highest BCUT2D eigenvalue weighted by molar-refractivity contribution is 5.79. The lowest BCUT2D eigenvalue weighted by Gasteiger charge is -2.38. The number of hydrogen-bond donors (Lipinski definition) is 1. The van der Waals surface area contributed by atoms with E-state index in [1.807, 2.05) is 15.5 Å². The summed E-state index contributed by atoms with van der Waals surface area (Å²) in [6.45, 7) is 10.1. The molecule has 1 aromatic carbocycles. The Balaban J connectivity index is 1.26. The normalized spacial score (nSPS) is 23.7. The van der Waals surface area contributed by atoms with Gasteiger partial charge in [-0.3, -0.25) is 14.5 Å². The van der Waals surface area contributed by atoms with Gasteiger partial charge in [-0.1, -0.05) is 35.4 Å². The van der Waals surface area contributed by atoms with Gasteiger partial charge in [-0.15, -0.1) is 0 Å². The van der Waals surface area contributed by atoms with E-state index in [2.05, 4.69) is 48.3 Å². The first-order valence-corrected chi connectivity index (χ1v) is 11.5. The van der Waals surface area contributed by atoms with Gasteiger partial charge in [-0.05, 0) is 44.4 Å². The first-order valence-electron chi connectivity index (χ1n) is 11.5. The molecule has 0 unspecified atom stereocenters. The average molecular weight is 421 g/mol. The predicted octanol–water partition coefficient (Wildman–Crippen LogP) is 2.02. The Morgan fingerprint density at radius 3 is 2.58 bits per heavy atom.